The third kappa shape index (κ3) is 2.68. The van der Waals surface area contributed by atoms with Crippen molar-refractivity contribution in [1.29, 1.82) is 0 Å². The van der Waals surface area contributed by atoms with Crippen molar-refractivity contribution >= 4 is 23.0 Å². The lowest BCUT2D eigenvalue weighted by atomic mass is 9.96. The quantitative estimate of drug-likeness (QED) is 0.846. The Morgan fingerprint density at radius 1 is 1.18 bits per heavy atom. The summed E-state index contributed by atoms with van der Waals surface area (Å²) in [4.78, 5) is 0. The van der Waals surface area contributed by atoms with Gasteiger partial charge in [0.2, 0.25) is 0 Å². The number of anilines is 1. The normalized spacial score (nSPS) is 26.1. The summed E-state index contributed by atoms with van der Waals surface area (Å²) in [5, 5.41) is 18.6. The maximum Gasteiger partial charge on any atom is 0.171 e. The summed E-state index contributed by atoms with van der Waals surface area (Å²) in [7, 11) is 0. The number of hydrogen-bond donors (Lipinski definition) is 2. The van der Waals surface area contributed by atoms with Gasteiger partial charge in [-0.15, -0.1) is 5.10 Å². The van der Waals surface area contributed by atoms with Crippen molar-refractivity contribution in [1.82, 2.24) is 25.5 Å². The molecule has 22 heavy (non-hydrogen) atoms. The van der Waals surface area contributed by atoms with Crippen molar-refractivity contribution in [2.75, 3.05) is 5.32 Å². The molecule has 2 fully saturated rings. The van der Waals surface area contributed by atoms with Crippen LogP contribution in [0.15, 0.2) is 30.6 Å². The lowest BCUT2D eigenvalue weighted by Gasteiger charge is -2.24. The zero-order valence-corrected chi connectivity index (χ0v) is 13.0. The molecule has 2 saturated carbocycles. The minimum absolute atomic E-state index is 0.555. The van der Waals surface area contributed by atoms with Crippen molar-refractivity contribution in [3.05, 3.63) is 30.6 Å². The lowest BCUT2D eigenvalue weighted by molar-refractivity contribution is 0.392. The minimum atomic E-state index is 0.555. The van der Waals surface area contributed by atoms with Crippen molar-refractivity contribution in [2.45, 2.75) is 31.7 Å². The largest absolute Gasteiger partial charge is 0.359 e. The van der Waals surface area contributed by atoms with E-state index in [2.05, 4.69) is 26.2 Å². The molecule has 114 valence electrons. The second-order valence-electron chi connectivity index (χ2n) is 6.18. The van der Waals surface area contributed by atoms with Crippen LogP contribution in [-0.2, 0) is 0 Å². The molecule has 2 bridgehead atoms. The molecule has 7 heteroatoms. The zero-order valence-electron chi connectivity index (χ0n) is 12.1. The average Bonchev–Trinajstić information content (AvgIpc) is 3.25. The molecule has 0 aliphatic heterocycles. The van der Waals surface area contributed by atoms with Crippen LogP contribution < -0.4 is 10.6 Å². The summed E-state index contributed by atoms with van der Waals surface area (Å²) in [6, 6.07) is 8.43. The van der Waals surface area contributed by atoms with E-state index in [9.17, 15) is 0 Å². The van der Waals surface area contributed by atoms with E-state index in [1.807, 2.05) is 24.3 Å². The minimum Gasteiger partial charge on any atom is -0.359 e. The van der Waals surface area contributed by atoms with Crippen LogP contribution >= 0.6 is 12.2 Å². The van der Waals surface area contributed by atoms with E-state index in [1.54, 1.807) is 11.0 Å². The fourth-order valence-electron chi connectivity index (χ4n) is 3.73. The van der Waals surface area contributed by atoms with E-state index in [-0.39, 0.29) is 0 Å². The monoisotopic (exact) mass is 314 g/mol. The van der Waals surface area contributed by atoms with Gasteiger partial charge in [0.1, 0.15) is 6.33 Å². The molecule has 4 rings (SSSR count). The van der Waals surface area contributed by atoms with E-state index in [0.717, 1.165) is 23.2 Å². The van der Waals surface area contributed by atoms with Gasteiger partial charge in [-0.05, 0) is 78.0 Å². The molecule has 3 atom stereocenters. The third-order valence-corrected chi connectivity index (χ3v) is 5.01. The van der Waals surface area contributed by atoms with Gasteiger partial charge in [-0.1, -0.05) is 6.42 Å². The number of tetrazole rings is 1. The topological polar surface area (TPSA) is 67.7 Å². The van der Waals surface area contributed by atoms with Gasteiger partial charge in [-0.2, -0.15) is 0 Å². The summed E-state index contributed by atoms with van der Waals surface area (Å²) >= 11 is 5.44. The van der Waals surface area contributed by atoms with E-state index >= 15 is 0 Å². The molecule has 0 unspecified atom stereocenters. The Bertz CT molecular complexity index is 653. The Labute approximate surface area is 134 Å². The summed E-state index contributed by atoms with van der Waals surface area (Å²) in [5.41, 5.74) is 1.89. The highest BCUT2D eigenvalue weighted by atomic mass is 32.1. The van der Waals surface area contributed by atoms with Crippen LogP contribution in [0.4, 0.5) is 5.69 Å². The molecule has 6 nitrogen and oxygen atoms in total. The molecule has 0 saturated heterocycles. The molecule has 0 amide bonds. The van der Waals surface area contributed by atoms with Crippen LogP contribution in [0.2, 0.25) is 0 Å². The fraction of sp³-hybridized carbons (Fsp3) is 0.467. The first-order chi connectivity index (χ1) is 10.8. The summed E-state index contributed by atoms with van der Waals surface area (Å²) in [5.74, 6) is 1.73. The van der Waals surface area contributed by atoms with Gasteiger partial charge >= 0.3 is 0 Å². The number of benzene rings is 1. The summed E-state index contributed by atoms with van der Waals surface area (Å²) in [6.45, 7) is 0. The fourth-order valence-corrected chi connectivity index (χ4v) is 4.00. The van der Waals surface area contributed by atoms with Gasteiger partial charge in [-0.3, -0.25) is 0 Å². The van der Waals surface area contributed by atoms with Gasteiger partial charge < -0.3 is 10.6 Å². The second-order valence-corrected chi connectivity index (χ2v) is 6.59. The predicted molar refractivity (Wildman–Crippen MR) is 87.7 cm³/mol. The zero-order chi connectivity index (χ0) is 14.9. The Hall–Kier alpha value is -2.02. The van der Waals surface area contributed by atoms with Crippen molar-refractivity contribution < 1.29 is 0 Å². The number of nitrogens with one attached hydrogen (secondary N) is 2. The van der Waals surface area contributed by atoms with Gasteiger partial charge in [0.15, 0.2) is 5.11 Å². The first-order valence-corrected chi connectivity index (χ1v) is 8.10. The first kappa shape index (κ1) is 13.6. The van der Waals surface area contributed by atoms with Crippen LogP contribution in [0.5, 0.6) is 0 Å². The van der Waals surface area contributed by atoms with Crippen LogP contribution in [0.25, 0.3) is 5.69 Å². The predicted octanol–water partition coefficient (Wildman–Crippen LogP) is 2.14. The van der Waals surface area contributed by atoms with E-state index in [1.165, 1.54) is 25.7 Å². The standard InChI is InChI=1S/C15H18N6S/c22-15(18-14-8-10-1-2-11(14)7-10)17-12-3-5-13(6-4-12)21-9-16-19-20-21/h3-6,9-11,14H,1-2,7-8H2,(H2,17,18,22)/t10-,11-,14+/m1/s1. The number of thiocarbonyl (C=S) groups is 1. The Kier molecular flexibility index (Phi) is 3.49. The van der Waals surface area contributed by atoms with E-state index in [0.29, 0.717) is 11.2 Å². The van der Waals surface area contributed by atoms with Crippen LogP contribution in [0.1, 0.15) is 25.7 Å². The number of rotatable bonds is 3. The van der Waals surface area contributed by atoms with E-state index < -0.39 is 0 Å². The van der Waals surface area contributed by atoms with Crippen LogP contribution in [-0.4, -0.2) is 31.4 Å². The highest BCUT2D eigenvalue weighted by molar-refractivity contribution is 7.80. The second kappa shape index (κ2) is 5.64. The number of aromatic nitrogens is 4. The summed E-state index contributed by atoms with van der Waals surface area (Å²) < 4.78 is 1.62. The molecular formula is C15H18N6S. The van der Waals surface area contributed by atoms with Gasteiger partial charge in [0.25, 0.3) is 0 Å². The highest BCUT2D eigenvalue weighted by Gasteiger charge is 2.39. The van der Waals surface area contributed by atoms with Gasteiger partial charge in [0.05, 0.1) is 5.69 Å². The molecule has 2 aliphatic rings. The Morgan fingerprint density at radius 3 is 2.68 bits per heavy atom. The maximum atomic E-state index is 5.44. The SMILES string of the molecule is S=C(Nc1ccc(-n2cnnn2)cc1)N[C@H]1C[C@@H]2CC[C@@H]1C2. The smallest absolute Gasteiger partial charge is 0.171 e. The number of nitrogens with zero attached hydrogens (tertiary/aromatic N) is 4. The van der Waals surface area contributed by atoms with Gasteiger partial charge in [-0.25, -0.2) is 4.68 Å². The van der Waals surface area contributed by atoms with E-state index in [4.69, 9.17) is 12.2 Å². The number of hydrogen-bond acceptors (Lipinski definition) is 4. The molecular weight excluding hydrogens is 296 g/mol. The molecule has 0 spiro atoms. The lowest BCUT2D eigenvalue weighted by Crippen LogP contribution is -2.40. The Balaban J connectivity index is 1.35. The molecule has 2 aliphatic carbocycles. The number of fused-ring (bicyclic) bond motifs is 2. The summed E-state index contributed by atoms with van der Waals surface area (Å²) in [6.07, 6.45) is 6.97. The third-order valence-electron chi connectivity index (χ3n) is 4.79. The first-order valence-electron chi connectivity index (χ1n) is 7.69. The average molecular weight is 314 g/mol. The van der Waals surface area contributed by atoms with Gasteiger partial charge in [0, 0.05) is 11.7 Å². The Morgan fingerprint density at radius 2 is 2.05 bits per heavy atom. The van der Waals surface area contributed by atoms with Crippen molar-refractivity contribution in [2.24, 2.45) is 11.8 Å². The molecule has 1 aromatic heterocycles. The maximum absolute atomic E-state index is 5.44. The van der Waals surface area contributed by atoms with Crippen molar-refractivity contribution in [3.8, 4) is 5.69 Å². The van der Waals surface area contributed by atoms with Crippen LogP contribution in [0.3, 0.4) is 0 Å². The molecule has 0 radical (unpaired) electrons. The molecule has 1 heterocycles. The molecule has 1 aromatic carbocycles. The molecule has 2 aromatic rings. The van der Waals surface area contributed by atoms with Crippen molar-refractivity contribution in [3.63, 3.8) is 0 Å². The molecule has 2 N–H and O–H groups in total. The highest BCUT2D eigenvalue weighted by Crippen LogP contribution is 2.44. The van der Waals surface area contributed by atoms with Crippen LogP contribution in [0, 0.1) is 11.8 Å².